The van der Waals surface area contributed by atoms with Crippen LogP contribution in [0.2, 0.25) is 0 Å². The van der Waals surface area contributed by atoms with E-state index in [9.17, 15) is 14.4 Å². The lowest BCUT2D eigenvalue weighted by atomic mass is 9.88. The fourth-order valence-electron chi connectivity index (χ4n) is 2.09. The van der Waals surface area contributed by atoms with Crippen LogP contribution in [0.15, 0.2) is 18.2 Å². The summed E-state index contributed by atoms with van der Waals surface area (Å²) in [6.45, 7) is 6.79. The van der Waals surface area contributed by atoms with Crippen molar-refractivity contribution >= 4 is 23.5 Å². The van der Waals surface area contributed by atoms with Gasteiger partial charge in [-0.25, -0.2) is 9.69 Å². The smallest absolute Gasteiger partial charge is 0.276 e. The highest BCUT2D eigenvalue weighted by molar-refractivity contribution is 6.29. The Hall–Kier alpha value is -2.17. The summed E-state index contributed by atoms with van der Waals surface area (Å²) in [5.74, 6) is -1.07. The summed E-state index contributed by atoms with van der Waals surface area (Å²) in [7, 11) is 0. The van der Waals surface area contributed by atoms with Crippen LogP contribution in [0, 0.1) is 19.3 Å². The van der Waals surface area contributed by atoms with Gasteiger partial charge in [0.15, 0.2) is 0 Å². The van der Waals surface area contributed by atoms with Crippen LogP contribution in [-0.4, -0.2) is 17.8 Å². The third-order valence-electron chi connectivity index (χ3n) is 3.19. The number of barbiturate groups is 1. The molecule has 4 amide bonds. The fourth-order valence-corrected chi connectivity index (χ4v) is 2.09. The number of carbonyl (C=O) groups excluding carboxylic acids is 3. The van der Waals surface area contributed by atoms with Crippen molar-refractivity contribution in [2.24, 2.45) is 5.41 Å². The molecule has 1 aromatic rings. The van der Waals surface area contributed by atoms with Crippen LogP contribution in [0.5, 0.6) is 0 Å². The van der Waals surface area contributed by atoms with E-state index in [2.05, 4.69) is 5.32 Å². The molecule has 19 heavy (non-hydrogen) atoms. The fraction of sp³-hybridized carbons (Fsp3) is 0.357. The monoisotopic (exact) mass is 260 g/mol. The summed E-state index contributed by atoms with van der Waals surface area (Å²) >= 11 is 0. The highest BCUT2D eigenvalue weighted by atomic mass is 16.2. The number of hydrogen-bond donors (Lipinski definition) is 1. The first-order valence-corrected chi connectivity index (χ1v) is 6.02. The number of amides is 4. The molecular formula is C14H16N2O3. The summed E-state index contributed by atoms with van der Waals surface area (Å²) < 4.78 is 0. The first kappa shape index (κ1) is 13.3. The second-order valence-corrected chi connectivity index (χ2v) is 5.37. The number of nitrogens with zero attached hydrogens (tertiary/aromatic N) is 1. The molecule has 1 N–H and O–H groups in total. The number of benzene rings is 1. The third kappa shape index (κ3) is 2.12. The number of imide groups is 2. The molecule has 100 valence electrons. The maximum Gasteiger partial charge on any atom is 0.335 e. The number of rotatable bonds is 1. The van der Waals surface area contributed by atoms with E-state index in [1.807, 2.05) is 19.9 Å². The summed E-state index contributed by atoms with van der Waals surface area (Å²) in [6.07, 6.45) is 0. The summed E-state index contributed by atoms with van der Waals surface area (Å²) in [5, 5.41) is 2.21. The van der Waals surface area contributed by atoms with E-state index < -0.39 is 23.3 Å². The lowest BCUT2D eigenvalue weighted by molar-refractivity contribution is -0.140. The molecule has 0 aliphatic carbocycles. The van der Waals surface area contributed by atoms with E-state index >= 15 is 0 Å². The molecule has 0 saturated carbocycles. The molecule has 0 spiro atoms. The summed E-state index contributed by atoms with van der Waals surface area (Å²) in [5.41, 5.74) is 1.14. The predicted molar refractivity (Wildman–Crippen MR) is 70.7 cm³/mol. The first-order chi connectivity index (χ1) is 8.73. The lowest BCUT2D eigenvalue weighted by Gasteiger charge is -2.34. The van der Waals surface area contributed by atoms with E-state index in [-0.39, 0.29) is 0 Å². The van der Waals surface area contributed by atoms with Crippen molar-refractivity contribution in [1.82, 2.24) is 5.32 Å². The minimum Gasteiger partial charge on any atom is -0.276 e. The minimum absolute atomic E-state index is 0.487. The molecule has 0 aromatic heterocycles. The van der Waals surface area contributed by atoms with Crippen LogP contribution < -0.4 is 10.2 Å². The standard InChI is InChI=1S/C14H16N2O3/c1-8-5-9(2)7-10(6-8)16-12(18)14(3,4)11(17)15-13(16)19/h5-7H,1-4H3,(H,15,17,19). The maximum atomic E-state index is 12.3. The van der Waals surface area contributed by atoms with Crippen LogP contribution in [-0.2, 0) is 9.59 Å². The van der Waals surface area contributed by atoms with Gasteiger partial charge in [-0.2, -0.15) is 0 Å². The van der Waals surface area contributed by atoms with Crippen LogP contribution in [0.4, 0.5) is 10.5 Å². The van der Waals surface area contributed by atoms with Crippen LogP contribution in [0.1, 0.15) is 25.0 Å². The van der Waals surface area contributed by atoms with Gasteiger partial charge in [0.05, 0.1) is 5.69 Å². The normalized spacial score (nSPS) is 18.5. The lowest BCUT2D eigenvalue weighted by Crippen LogP contribution is -2.62. The average molecular weight is 260 g/mol. The molecule has 0 bridgehead atoms. The van der Waals surface area contributed by atoms with E-state index in [1.54, 1.807) is 12.1 Å². The number of urea groups is 1. The van der Waals surface area contributed by atoms with Gasteiger partial charge in [0, 0.05) is 0 Å². The van der Waals surface area contributed by atoms with Gasteiger partial charge >= 0.3 is 6.03 Å². The number of hydrogen-bond acceptors (Lipinski definition) is 3. The molecule has 0 radical (unpaired) electrons. The van der Waals surface area contributed by atoms with Crippen molar-refractivity contribution in [3.8, 4) is 0 Å². The molecule has 1 fully saturated rings. The molecule has 0 unspecified atom stereocenters. The molecule has 2 rings (SSSR count). The largest absolute Gasteiger partial charge is 0.335 e. The van der Waals surface area contributed by atoms with E-state index in [4.69, 9.17) is 0 Å². The van der Waals surface area contributed by atoms with Gasteiger partial charge in [-0.15, -0.1) is 0 Å². The molecule has 1 saturated heterocycles. The Labute approximate surface area is 111 Å². The topological polar surface area (TPSA) is 66.5 Å². The molecule has 1 heterocycles. The van der Waals surface area contributed by atoms with Crippen LogP contribution in [0.25, 0.3) is 0 Å². The highest BCUT2D eigenvalue weighted by Crippen LogP contribution is 2.29. The summed E-state index contributed by atoms with van der Waals surface area (Å²) in [4.78, 5) is 36.9. The molecule has 1 aliphatic rings. The average Bonchev–Trinajstić information content (AvgIpc) is 2.25. The van der Waals surface area contributed by atoms with Crippen molar-refractivity contribution in [1.29, 1.82) is 0 Å². The zero-order valence-corrected chi connectivity index (χ0v) is 11.4. The Bertz CT molecular complexity index is 570. The van der Waals surface area contributed by atoms with Crippen LogP contribution in [0.3, 0.4) is 0 Å². The van der Waals surface area contributed by atoms with E-state index in [0.29, 0.717) is 5.69 Å². The maximum absolute atomic E-state index is 12.3. The quantitative estimate of drug-likeness (QED) is 0.784. The highest BCUT2D eigenvalue weighted by Gasteiger charge is 2.47. The molecule has 5 heteroatoms. The molecular weight excluding hydrogens is 244 g/mol. The van der Waals surface area contributed by atoms with E-state index in [0.717, 1.165) is 16.0 Å². The van der Waals surface area contributed by atoms with Gasteiger partial charge < -0.3 is 0 Å². The van der Waals surface area contributed by atoms with Gasteiger partial charge in [0.25, 0.3) is 0 Å². The molecule has 0 atom stereocenters. The van der Waals surface area contributed by atoms with Crippen molar-refractivity contribution in [2.45, 2.75) is 27.7 Å². The number of nitrogens with one attached hydrogen (secondary N) is 1. The first-order valence-electron chi connectivity index (χ1n) is 6.02. The van der Waals surface area contributed by atoms with Gasteiger partial charge in [0.1, 0.15) is 5.41 Å². The van der Waals surface area contributed by atoms with Gasteiger partial charge in [0.2, 0.25) is 11.8 Å². The number of carbonyl (C=O) groups is 3. The Morgan fingerprint density at radius 3 is 2.05 bits per heavy atom. The van der Waals surface area contributed by atoms with Gasteiger partial charge in [-0.05, 0) is 51.0 Å². The molecule has 5 nitrogen and oxygen atoms in total. The minimum atomic E-state index is -1.24. The second-order valence-electron chi connectivity index (χ2n) is 5.37. The molecule has 1 aliphatic heterocycles. The number of anilines is 1. The SMILES string of the molecule is Cc1cc(C)cc(N2C(=O)NC(=O)C(C)(C)C2=O)c1. The van der Waals surface area contributed by atoms with Crippen molar-refractivity contribution in [2.75, 3.05) is 4.90 Å². The zero-order valence-electron chi connectivity index (χ0n) is 11.4. The Kier molecular flexibility index (Phi) is 2.92. The van der Waals surface area contributed by atoms with Gasteiger partial charge in [-0.1, -0.05) is 6.07 Å². The second kappa shape index (κ2) is 4.19. The van der Waals surface area contributed by atoms with E-state index in [1.165, 1.54) is 13.8 Å². The Morgan fingerprint density at radius 1 is 1.00 bits per heavy atom. The zero-order chi connectivity index (χ0) is 14.4. The van der Waals surface area contributed by atoms with Crippen LogP contribution >= 0.6 is 0 Å². The van der Waals surface area contributed by atoms with Gasteiger partial charge in [-0.3, -0.25) is 14.9 Å². The van der Waals surface area contributed by atoms with Crippen molar-refractivity contribution < 1.29 is 14.4 Å². The Morgan fingerprint density at radius 2 is 1.53 bits per heavy atom. The number of aryl methyl sites for hydroxylation is 2. The van der Waals surface area contributed by atoms with Crippen molar-refractivity contribution in [3.63, 3.8) is 0 Å². The third-order valence-corrected chi connectivity index (χ3v) is 3.19. The Balaban J connectivity index is 2.51. The summed E-state index contributed by atoms with van der Waals surface area (Å²) in [6, 6.07) is 4.75. The predicted octanol–water partition coefficient (Wildman–Crippen LogP) is 1.91. The van der Waals surface area contributed by atoms with Crippen molar-refractivity contribution in [3.05, 3.63) is 29.3 Å². The molecule has 1 aromatic carbocycles.